The van der Waals surface area contributed by atoms with Crippen LogP contribution in [0, 0.1) is 0 Å². The summed E-state index contributed by atoms with van der Waals surface area (Å²) in [6.45, 7) is 4.12. The molecule has 0 bridgehead atoms. The fraction of sp³-hybridized carbons (Fsp3) is 0.789. The van der Waals surface area contributed by atoms with Crippen molar-refractivity contribution in [2.45, 2.75) is 25.3 Å². The second-order valence-electron chi connectivity index (χ2n) is 7.38. The maximum atomic E-state index is 11.5. The molecular formula is C19H31N5O7S. The normalized spacial score (nSPS) is 18.1. The molecule has 1 aromatic heterocycles. The first kappa shape index (κ1) is 25.0. The number of amides is 2. The number of carbonyl (C=O) groups is 2. The van der Waals surface area contributed by atoms with Crippen molar-refractivity contribution in [3.05, 3.63) is 11.9 Å². The summed E-state index contributed by atoms with van der Waals surface area (Å²) >= 11 is 1.78. The molecule has 0 atom stereocenters. The van der Waals surface area contributed by atoms with E-state index in [-0.39, 0.29) is 24.1 Å². The van der Waals surface area contributed by atoms with Gasteiger partial charge in [-0.25, -0.2) is 9.58 Å². The van der Waals surface area contributed by atoms with Crippen LogP contribution in [0.5, 0.6) is 0 Å². The number of imide groups is 1. The molecule has 2 aliphatic rings. The summed E-state index contributed by atoms with van der Waals surface area (Å²) in [4.78, 5) is 25.7. The van der Waals surface area contributed by atoms with E-state index in [4.69, 9.17) is 14.2 Å². The topological polar surface area (TPSA) is 139 Å². The summed E-state index contributed by atoms with van der Waals surface area (Å²) in [5.74, 6) is -0.695. The number of aromatic nitrogens is 3. The number of ether oxygens (including phenoxy) is 3. The molecule has 13 heteroatoms. The molecule has 12 nitrogen and oxygen atoms in total. The molecule has 2 fully saturated rings. The lowest BCUT2D eigenvalue weighted by Crippen LogP contribution is -2.50. The maximum absolute atomic E-state index is 11.5. The van der Waals surface area contributed by atoms with Gasteiger partial charge in [0.05, 0.1) is 58.9 Å². The van der Waals surface area contributed by atoms with Crippen LogP contribution in [0.15, 0.2) is 6.20 Å². The van der Waals surface area contributed by atoms with Crippen LogP contribution < -0.4 is 0 Å². The van der Waals surface area contributed by atoms with Gasteiger partial charge in [0.25, 0.3) is 5.91 Å². The highest BCUT2D eigenvalue weighted by molar-refractivity contribution is 7.99. The van der Waals surface area contributed by atoms with E-state index in [1.54, 1.807) is 16.7 Å². The maximum Gasteiger partial charge on any atom is 0.274 e. The van der Waals surface area contributed by atoms with Crippen molar-refractivity contribution in [2.24, 2.45) is 0 Å². The molecule has 2 amide bonds. The predicted octanol–water partition coefficient (Wildman–Crippen LogP) is -1.38. The molecule has 1 aromatic rings. The molecule has 180 valence electrons. The number of nitrogens with zero attached hydrogens (tertiary/aromatic N) is 5. The van der Waals surface area contributed by atoms with Gasteiger partial charge in [-0.2, -0.15) is 11.8 Å². The molecule has 2 N–H and O–H groups in total. The Labute approximate surface area is 190 Å². The van der Waals surface area contributed by atoms with Crippen LogP contribution in [0.25, 0.3) is 0 Å². The Morgan fingerprint density at radius 3 is 2.09 bits per heavy atom. The van der Waals surface area contributed by atoms with E-state index in [0.717, 1.165) is 11.5 Å². The van der Waals surface area contributed by atoms with E-state index in [2.05, 4.69) is 10.3 Å². The summed E-state index contributed by atoms with van der Waals surface area (Å²) in [6.07, 6.45) is 2.10. The molecule has 2 aliphatic heterocycles. The average Bonchev–Trinajstić information content (AvgIpc) is 3.40. The lowest BCUT2D eigenvalue weighted by molar-refractivity contribution is -0.275. The lowest BCUT2D eigenvalue weighted by atomic mass is 10.3. The van der Waals surface area contributed by atoms with Crippen molar-refractivity contribution in [2.75, 3.05) is 70.8 Å². The highest BCUT2D eigenvalue weighted by atomic mass is 32.2. The minimum absolute atomic E-state index is 0.103. The van der Waals surface area contributed by atoms with Crippen LogP contribution in [0.4, 0.5) is 0 Å². The number of carbonyl (C=O) groups excluding carboxylic acids is 2. The van der Waals surface area contributed by atoms with Gasteiger partial charge < -0.3 is 24.4 Å². The minimum Gasteiger partial charge on any atom is -0.377 e. The number of hydrogen-bond donors (Lipinski definition) is 2. The van der Waals surface area contributed by atoms with Crippen LogP contribution in [-0.2, 0) is 36.3 Å². The third-order valence-corrected chi connectivity index (χ3v) is 6.10. The molecule has 0 aromatic carbocycles. The van der Waals surface area contributed by atoms with Crippen LogP contribution in [0.1, 0.15) is 18.5 Å². The second-order valence-corrected chi connectivity index (χ2v) is 8.60. The van der Waals surface area contributed by atoms with Gasteiger partial charge in [0.1, 0.15) is 0 Å². The molecule has 0 radical (unpaired) electrons. The van der Waals surface area contributed by atoms with Gasteiger partial charge in [-0.3, -0.25) is 14.5 Å². The summed E-state index contributed by atoms with van der Waals surface area (Å²) in [6, 6.07) is 0. The van der Waals surface area contributed by atoms with E-state index >= 15 is 0 Å². The van der Waals surface area contributed by atoms with Gasteiger partial charge in [-0.05, 0) is 0 Å². The van der Waals surface area contributed by atoms with Gasteiger partial charge in [0, 0.05) is 37.4 Å². The monoisotopic (exact) mass is 473 g/mol. The first-order valence-electron chi connectivity index (χ1n) is 10.7. The Kier molecular flexibility index (Phi) is 9.84. The minimum atomic E-state index is -2.12. The number of hydrogen-bond acceptors (Lipinski definition) is 11. The number of likely N-dealkylation sites (tertiary alicyclic amines) is 1. The number of aliphatic hydroxyl groups is 2. The van der Waals surface area contributed by atoms with Crippen molar-refractivity contribution >= 4 is 23.6 Å². The van der Waals surface area contributed by atoms with Crippen LogP contribution in [0.3, 0.4) is 0 Å². The first-order valence-corrected chi connectivity index (χ1v) is 11.9. The molecule has 0 unspecified atom stereocenters. The highest BCUT2D eigenvalue weighted by Crippen LogP contribution is 2.24. The standard InChI is InChI=1S/C19H31N5O7S/c25-17-1-2-18(26)24(17)4-8-30-10-12-31-11-9-29-7-3-23-15-16(20-21-23)19(27,28)22-5-13-32-14-6-22/h15,27-28H,1-14H2. The Bertz CT molecular complexity index is 725. The molecule has 3 heterocycles. The van der Waals surface area contributed by atoms with Crippen molar-refractivity contribution in [3.63, 3.8) is 0 Å². The van der Waals surface area contributed by atoms with Crippen molar-refractivity contribution < 1.29 is 34.0 Å². The van der Waals surface area contributed by atoms with E-state index in [9.17, 15) is 19.8 Å². The fourth-order valence-corrected chi connectivity index (χ4v) is 4.23. The van der Waals surface area contributed by atoms with Crippen molar-refractivity contribution in [1.29, 1.82) is 0 Å². The SMILES string of the molecule is O=C1CCC(=O)N1CCOCCOCCOCCn1cc(C(O)(O)N2CCSCC2)nn1. The Balaban J connectivity index is 1.19. The third-order valence-electron chi connectivity index (χ3n) is 5.16. The third kappa shape index (κ3) is 7.20. The zero-order chi connectivity index (χ0) is 22.8. The van der Waals surface area contributed by atoms with E-state index in [0.29, 0.717) is 72.1 Å². The van der Waals surface area contributed by atoms with E-state index < -0.39 is 5.91 Å². The largest absolute Gasteiger partial charge is 0.377 e. The van der Waals surface area contributed by atoms with Crippen molar-refractivity contribution in [3.8, 4) is 0 Å². The zero-order valence-corrected chi connectivity index (χ0v) is 18.9. The summed E-state index contributed by atoms with van der Waals surface area (Å²) in [5, 5.41) is 28.7. The van der Waals surface area contributed by atoms with E-state index in [1.807, 2.05) is 0 Å². The predicted molar refractivity (Wildman–Crippen MR) is 113 cm³/mol. The van der Waals surface area contributed by atoms with Crippen LogP contribution in [-0.4, -0.2) is 118 Å². The number of rotatable bonds is 14. The zero-order valence-electron chi connectivity index (χ0n) is 18.1. The van der Waals surface area contributed by atoms with Crippen LogP contribution in [0.2, 0.25) is 0 Å². The van der Waals surface area contributed by atoms with Crippen molar-refractivity contribution in [1.82, 2.24) is 24.8 Å². The molecule has 2 saturated heterocycles. The van der Waals surface area contributed by atoms with Gasteiger partial charge >= 0.3 is 0 Å². The van der Waals surface area contributed by atoms with Gasteiger partial charge in [0.15, 0.2) is 5.69 Å². The molecule has 3 rings (SSSR count). The molecule has 0 aliphatic carbocycles. The Morgan fingerprint density at radius 1 is 0.906 bits per heavy atom. The molecule has 0 spiro atoms. The second kappa shape index (κ2) is 12.6. The lowest BCUT2D eigenvalue weighted by Gasteiger charge is -2.35. The number of thioether (sulfide) groups is 1. The van der Waals surface area contributed by atoms with Gasteiger partial charge in [0.2, 0.25) is 11.8 Å². The average molecular weight is 474 g/mol. The smallest absolute Gasteiger partial charge is 0.274 e. The van der Waals surface area contributed by atoms with E-state index in [1.165, 1.54) is 15.8 Å². The molecular weight excluding hydrogens is 442 g/mol. The first-order chi connectivity index (χ1) is 15.5. The fourth-order valence-electron chi connectivity index (χ4n) is 3.33. The summed E-state index contributed by atoms with van der Waals surface area (Å²) in [7, 11) is 0. The summed E-state index contributed by atoms with van der Waals surface area (Å²) < 4.78 is 17.8. The summed E-state index contributed by atoms with van der Waals surface area (Å²) in [5.41, 5.74) is 0.103. The highest BCUT2D eigenvalue weighted by Gasteiger charge is 2.37. The van der Waals surface area contributed by atoms with Gasteiger partial charge in [-0.15, -0.1) is 5.10 Å². The molecule has 0 saturated carbocycles. The quantitative estimate of drug-likeness (QED) is 0.188. The Morgan fingerprint density at radius 2 is 1.47 bits per heavy atom. The Hall–Kier alpha value is -1.61. The van der Waals surface area contributed by atoms with Crippen LogP contribution >= 0.6 is 11.8 Å². The van der Waals surface area contributed by atoms with Gasteiger partial charge in [-0.1, -0.05) is 5.21 Å². The molecule has 32 heavy (non-hydrogen) atoms.